The number of halogens is 1. The lowest BCUT2D eigenvalue weighted by Crippen LogP contribution is -2.36. The zero-order valence-electron chi connectivity index (χ0n) is 14.2. The number of carbonyl (C=O) groups is 2. The number of hydrogen-bond donors (Lipinski definition) is 0. The molecule has 0 fully saturated rings. The van der Waals surface area contributed by atoms with E-state index in [0.29, 0.717) is 18.8 Å². The van der Waals surface area contributed by atoms with Crippen LogP contribution in [-0.4, -0.2) is 29.9 Å². The number of hydrogen-bond acceptors (Lipinski definition) is 4. The zero-order chi connectivity index (χ0) is 18.1. The molecule has 0 radical (unpaired) electrons. The van der Waals surface area contributed by atoms with Crippen LogP contribution in [0.3, 0.4) is 0 Å². The fourth-order valence-corrected chi connectivity index (χ4v) is 3.36. The lowest BCUT2D eigenvalue weighted by Gasteiger charge is -2.29. The Morgan fingerprint density at radius 3 is 2.54 bits per heavy atom. The Labute approximate surface area is 150 Å². The maximum absolute atomic E-state index is 13.7. The molecule has 5 nitrogen and oxygen atoms in total. The topological polar surface area (TPSA) is 55.8 Å². The molecule has 6 heteroatoms. The Morgan fingerprint density at radius 2 is 1.77 bits per heavy atom. The van der Waals surface area contributed by atoms with Gasteiger partial charge in [-0.1, -0.05) is 12.1 Å². The SMILES string of the molecule is O=C(CCC(=O)N1CCc2cc3c(cc2C1)OCO3)c1ccccc1F. The second kappa shape index (κ2) is 6.78. The molecule has 0 spiro atoms. The molecule has 0 bridgehead atoms. The molecule has 2 heterocycles. The third-order valence-electron chi connectivity index (χ3n) is 4.80. The van der Waals surface area contributed by atoms with E-state index in [4.69, 9.17) is 9.47 Å². The van der Waals surface area contributed by atoms with E-state index in [0.717, 1.165) is 23.3 Å². The summed E-state index contributed by atoms with van der Waals surface area (Å²) >= 11 is 0. The van der Waals surface area contributed by atoms with Crippen molar-refractivity contribution < 1.29 is 23.5 Å². The molecule has 0 aliphatic carbocycles. The molecule has 2 aliphatic rings. The van der Waals surface area contributed by atoms with Crippen LogP contribution in [0.15, 0.2) is 36.4 Å². The average Bonchev–Trinajstić information content (AvgIpc) is 3.11. The van der Waals surface area contributed by atoms with E-state index in [-0.39, 0.29) is 36.9 Å². The van der Waals surface area contributed by atoms with E-state index >= 15 is 0 Å². The molecule has 2 aromatic rings. The summed E-state index contributed by atoms with van der Waals surface area (Å²) in [6.07, 6.45) is 0.816. The monoisotopic (exact) mass is 355 g/mol. The first-order valence-corrected chi connectivity index (χ1v) is 8.59. The third-order valence-corrected chi connectivity index (χ3v) is 4.80. The number of carbonyl (C=O) groups excluding carboxylic acids is 2. The maximum atomic E-state index is 13.7. The Hall–Kier alpha value is -2.89. The number of nitrogens with zero attached hydrogens (tertiary/aromatic N) is 1. The standard InChI is InChI=1S/C20H18FNO4/c21-16-4-2-1-3-15(16)17(23)5-6-20(24)22-8-7-13-9-18-19(26-12-25-18)10-14(13)11-22/h1-4,9-10H,5-8,11-12H2. The average molecular weight is 355 g/mol. The molecular weight excluding hydrogens is 337 g/mol. The molecule has 4 rings (SSSR count). The number of benzene rings is 2. The van der Waals surface area contributed by atoms with Crippen molar-refractivity contribution in [2.75, 3.05) is 13.3 Å². The van der Waals surface area contributed by atoms with Gasteiger partial charge in [0.05, 0.1) is 5.56 Å². The number of fused-ring (bicyclic) bond motifs is 2. The Kier molecular flexibility index (Phi) is 4.32. The third kappa shape index (κ3) is 3.14. The van der Waals surface area contributed by atoms with Crippen LogP contribution in [-0.2, 0) is 17.8 Å². The van der Waals surface area contributed by atoms with E-state index in [9.17, 15) is 14.0 Å². The summed E-state index contributed by atoms with van der Waals surface area (Å²) in [5, 5.41) is 0. The number of ketones is 1. The first kappa shape index (κ1) is 16.6. The van der Waals surface area contributed by atoms with Crippen molar-refractivity contribution in [3.05, 3.63) is 58.9 Å². The Bertz CT molecular complexity index is 880. The molecule has 0 saturated heterocycles. The predicted octanol–water partition coefficient (Wildman–Crippen LogP) is 3.10. The van der Waals surface area contributed by atoms with E-state index in [1.165, 1.54) is 18.2 Å². The number of Topliss-reactive ketones (excluding diaryl/α,β-unsaturated/α-hetero) is 1. The van der Waals surface area contributed by atoms with Crippen molar-refractivity contribution in [3.8, 4) is 11.5 Å². The van der Waals surface area contributed by atoms with Crippen molar-refractivity contribution in [3.63, 3.8) is 0 Å². The van der Waals surface area contributed by atoms with Gasteiger partial charge in [0.15, 0.2) is 17.3 Å². The van der Waals surface area contributed by atoms with E-state index in [2.05, 4.69) is 0 Å². The summed E-state index contributed by atoms with van der Waals surface area (Å²) in [6, 6.07) is 9.74. The van der Waals surface area contributed by atoms with E-state index in [1.807, 2.05) is 12.1 Å². The van der Waals surface area contributed by atoms with Gasteiger partial charge in [-0.15, -0.1) is 0 Å². The van der Waals surface area contributed by atoms with Gasteiger partial charge in [0.2, 0.25) is 12.7 Å². The number of rotatable bonds is 4. The van der Waals surface area contributed by atoms with Crippen LogP contribution in [0.2, 0.25) is 0 Å². The summed E-state index contributed by atoms with van der Waals surface area (Å²) in [6.45, 7) is 1.30. The number of ether oxygens (including phenoxy) is 2. The van der Waals surface area contributed by atoms with Crippen molar-refractivity contribution in [1.82, 2.24) is 4.90 Å². The van der Waals surface area contributed by atoms with Crippen molar-refractivity contribution in [2.45, 2.75) is 25.8 Å². The summed E-state index contributed by atoms with van der Waals surface area (Å²) in [4.78, 5) is 26.4. The molecule has 2 aliphatic heterocycles. The van der Waals surface area contributed by atoms with Gasteiger partial charge in [-0.25, -0.2) is 4.39 Å². The Morgan fingerprint density at radius 1 is 1.04 bits per heavy atom. The van der Waals surface area contributed by atoms with Gasteiger partial charge in [0.1, 0.15) is 5.82 Å². The first-order valence-electron chi connectivity index (χ1n) is 8.59. The van der Waals surface area contributed by atoms with Crippen LogP contribution in [0.5, 0.6) is 11.5 Å². The smallest absolute Gasteiger partial charge is 0.231 e. The van der Waals surface area contributed by atoms with Gasteiger partial charge >= 0.3 is 0 Å². The second-order valence-corrected chi connectivity index (χ2v) is 6.44. The van der Waals surface area contributed by atoms with Crippen molar-refractivity contribution in [2.24, 2.45) is 0 Å². The van der Waals surface area contributed by atoms with Crippen LogP contribution in [0.25, 0.3) is 0 Å². The number of amides is 1. The second-order valence-electron chi connectivity index (χ2n) is 6.44. The Balaban J connectivity index is 1.39. The molecule has 0 N–H and O–H groups in total. The summed E-state index contributed by atoms with van der Waals surface area (Å²) in [7, 11) is 0. The zero-order valence-corrected chi connectivity index (χ0v) is 14.2. The van der Waals surface area contributed by atoms with Crippen molar-refractivity contribution in [1.29, 1.82) is 0 Å². The first-order chi connectivity index (χ1) is 12.6. The summed E-state index contributed by atoms with van der Waals surface area (Å²) in [5.74, 6) is 0.454. The highest BCUT2D eigenvalue weighted by Gasteiger charge is 2.25. The summed E-state index contributed by atoms with van der Waals surface area (Å²) < 4.78 is 24.4. The highest BCUT2D eigenvalue weighted by atomic mass is 19.1. The highest BCUT2D eigenvalue weighted by Crippen LogP contribution is 2.36. The minimum atomic E-state index is -0.548. The van der Waals surface area contributed by atoms with Gasteiger partial charge in [-0.2, -0.15) is 0 Å². The molecule has 0 aromatic heterocycles. The summed E-state index contributed by atoms with van der Waals surface area (Å²) in [5.41, 5.74) is 2.23. The van der Waals surface area contributed by atoms with Gasteiger partial charge in [0, 0.05) is 25.9 Å². The van der Waals surface area contributed by atoms with E-state index < -0.39 is 5.82 Å². The van der Waals surface area contributed by atoms with Gasteiger partial charge in [-0.3, -0.25) is 9.59 Å². The van der Waals surface area contributed by atoms with Crippen LogP contribution >= 0.6 is 0 Å². The van der Waals surface area contributed by atoms with Gasteiger partial charge in [-0.05, 0) is 41.8 Å². The molecule has 0 atom stereocenters. The molecular formula is C20H18FNO4. The molecule has 2 aromatic carbocycles. The fourth-order valence-electron chi connectivity index (χ4n) is 3.36. The van der Waals surface area contributed by atoms with Crippen LogP contribution < -0.4 is 9.47 Å². The van der Waals surface area contributed by atoms with Crippen LogP contribution in [0.4, 0.5) is 4.39 Å². The van der Waals surface area contributed by atoms with E-state index in [1.54, 1.807) is 11.0 Å². The predicted molar refractivity (Wildman–Crippen MR) is 91.7 cm³/mol. The fraction of sp³-hybridized carbons (Fsp3) is 0.300. The molecule has 134 valence electrons. The molecule has 0 unspecified atom stereocenters. The minimum absolute atomic E-state index is 0.00423. The normalized spacial score (nSPS) is 14.9. The van der Waals surface area contributed by atoms with Crippen LogP contribution in [0, 0.1) is 5.82 Å². The molecule has 26 heavy (non-hydrogen) atoms. The highest BCUT2D eigenvalue weighted by molar-refractivity contribution is 5.98. The maximum Gasteiger partial charge on any atom is 0.231 e. The van der Waals surface area contributed by atoms with Gasteiger partial charge in [0.25, 0.3) is 0 Å². The molecule has 1 amide bonds. The molecule has 0 saturated carbocycles. The van der Waals surface area contributed by atoms with Crippen LogP contribution in [0.1, 0.15) is 34.3 Å². The lowest BCUT2D eigenvalue weighted by atomic mass is 9.98. The van der Waals surface area contributed by atoms with Crippen molar-refractivity contribution >= 4 is 11.7 Å². The minimum Gasteiger partial charge on any atom is -0.454 e. The quantitative estimate of drug-likeness (QED) is 0.791. The largest absolute Gasteiger partial charge is 0.454 e. The van der Waals surface area contributed by atoms with Gasteiger partial charge < -0.3 is 14.4 Å². The lowest BCUT2D eigenvalue weighted by molar-refractivity contribution is -0.132.